The van der Waals surface area contributed by atoms with Crippen LogP contribution in [0.2, 0.25) is 0 Å². The van der Waals surface area contributed by atoms with Gasteiger partial charge in [0.15, 0.2) is 0 Å². The fourth-order valence-corrected chi connectivity index (χ4v) is 4.68. The van der Waals surface area contributed by atoms with Gasteiger partial charge in [-0.1, -0.05) is 30.3 Å². The molecule has 2 aromatic rings. The number of ether oxygens (including phenoxy) is 1. The van der Waals surface area contributed by atoms with Gasteiger partial charge in [-0.2, -0.15) is 4.98 Å². The molecule has 0 bridgehead atoms. The van der Waals surface area contributed by atoms with Crippen molar-refractivity contribution in [1.82, 2.24) is 15.3 Å². The summed E-state index contributed by atoms with van der Waals surface area (Å²) in [5, 5.41) is 6.69. The van der Waals surface area contributed by atoms with E-state index in [-0.39, 0.29) is 18.6 Å². The lowest BCUT2D eigenvalue weighted by Gasteiger charge is -2.30. The summed E-state index contributed by atoms with van der Waals surface area (Å²) in [6.45, 7) is 0.560. The van der Waals surface area contributed by atoms with E-state index < -0.39 is 0 Å². The predicted molar refractivity (Wildman–Crippen MR) is 127 cm³/mol. The average molecular weight is 438 g/mol. The monoisotopic (exact) mass is 437 g/mol. The Balaban J connectivity index is 1.23. The van der Waals surface area contributed by atoms with Crippen LogP contribution in [0.5, 0.6) is 0 Å². The lowest BCUT2D eigenvalue weighted by molar-refractivity contribution is -0.127. The third kappa shape index (κ3) is 5.97. The van der Waals surface area contributed by atoms with Crippen molar-refractivity contribution in [1.29, 1.82) is 0 Å². The molecule has 2 aliphatic carbocycles. The number of carbonyl (C=O) groups is 1. The molecule has 1 aromatic carbocycles. The highest BCUT2D eigenvalue weighted by Crippen LogP contribution is 2.29. The highest BCUT2D eigenvalue weighted by Gasteiger charge is 2.24. The van der Waals surface area contributed by atoms with Crippen LogP contribution in [0.25, 0.3) is 0 Å². The highest BCUT2D eigenvalue weighted by molar-refractivity contribution is 5.77. The van der Waals surface area contributed by atoms with E-state index >= 15 is 0 Å². The molecular weight excluding hydrogens is 402 g/mol. The van der Waals surface area contributed by atoms with Gasteiger partial charge in [-0.3, -0.25) is 4.79 Å². The molecule has 1 heterocycles. The topological polar surface area (TPSA) is 79.4 Å². The molecule has 1 aromatic heterocycles. The van der Waals surface area contributed by atoms with Crippen molar-refractivity contribution >= 4 is 17.7 Å². The normalized spacial score (nSPS) is 20.3. The number of nitrogens with zero attached hydrogens (tertiary/aromatic N) is 3. The van der Waals surface area contributed by atoms with Gasteiger partial charge in [0.05, 0.1) is 12.3 Å². The van der Waals surface area contributed by atoms with E-state index in [1.807, 2.05) is 30.3 Å². The lowest BCUT2D eigenvalue weighted by atomic mass is 9.91. The van der Waals surface area contributed by atoms with Crippen molar-refractivity contribution in [3.63, 3.8) is 0 Å². The molecule has 2 N–H and O–H groups in total. The van der Waals surface area contributed by atoms with Crippen LogP contribution in [-0.4, -0.2) is 48.7 Å². The summed E-state index contributed by atoms with van der Waals surface area (Å²) in [6, 6.07) is 10.5. The molecule has 2 aliphatic rings. The molecule has 1 saturated carbocycles. The molecule has 0 radical (unpaired) electrons. The Labute approximate surface area is 191 Å². The average Bonchev–Trinajstić information content (AvgIpc) is 2.80. The van der Waals surface area contributed by atoms with E-state index in [1.165, 1.54) is 24.1 Å². The van der Waals surface area contributed by atoms with Crippen LogP contribution in [0.15, 0.2) is 30.3 Å². The maximum Gasteiger partial charge on any atom is 0.246 e. The van der Waals surface area contributed by atoms with Gasteiger partial charge >= 0.3 is 0 Å². The molecule has 0 saturated heterocycles. The number of fused-ring (bicyclic) bond motifs is 1. The Morgan fingerprint density at radius 3 is 2.50 bits per heavy atom. The van der Waals surface area contributed by atoms with Crippen molar-refractivity contribution < 1.29 is 9.53 Å². The maximum atomic E-state index is 12.2. The molecule has 1 fully saturated rings. The molecule has 0 spiro atoms. The molecule has 0 atom stereocenters. The van der Waals surface area contributed by atoms with E-state index in [1.54, 1.807) is 0 Å². The zero-order chi connectivity index (χ0) is 22.3. The first-order chi connectivity index (χ1) is 15.6. The standard InChI is InChI=1S/C25H35N5O2/c1-30(2)24-21-10-6-7-11-22(21)28-25(29-24)27-20-14-12-19(13-15-20)26-23(31)17-32-16-18-8-4-3-5-9-18/h3-5,8-9,19-20H,6-7,10-17H2,1-2H3,(H,26,31)(H,27,28,29). The van der Waals surface area contributed by atoms with Crippen LogP contribution in [-0.2, 0) is 29.0 Å². The van der Waals surface area contributed by atoms with Gasteiger partial charge in [-0.05, 0) is 56.9 Å². The zero-order valence-electron chi connectivity index (χ0n) is 19.3. The molecule has 1 amide bonds. The van der Waals surface area contributed by atoms with Gasteiger partial charge in [-0.25, -0.2) is 4.98 Å². The van der Waals surface area contributed by atoms with Crippen LogP contribution in [0, 0.1) is 0 Å². The molecular formula is C25H35N5O2. The smallest absolute Gasteiger partial charge is 0.246 e. The van der Waals surface area contributed by atoms with Crippen LogP contribution in [0.4, 0.5) is 11.8 Å². The Bertz CT molecular complexity index is 895. The van der Waals surface area contributed by atoms with Crippen LogP contribution in [0.3, 0.4) is 0 Å². The van der Waals surface area contributed by atoms with Crippen molar-refractivity contribution in [2.45, 2.75) is 70.1 Å². The minimum absolute atomic E-state index is 0.0361. The molecule has 7 heteroatoms. The number of amides is 1. The van der Waals surface area contributed by atoms with E-state index in [0.29, 0.717) is 12.6 Å². The first-order valence-corrected chi connectivity index (χ1v) is 11.8. The van der Waals surface area contributed by atoms with E-state index in [4.69, 9.17) is 14.7 Å². The van der Waals surface area contributed by atoms with E-state index in [9.17, 15) is 4.79 Å². The summed E-state index contributed by atoms with van der Waals surface area (Å²) < 4.78 is 5.55. The number of nitrogens with one attached hydrogen (secondary N) is 2. The first-order valence-electron chi connectivity index (χ1n) is 11.8. The molecule has 172 valence electrons. The number of aryl methyl sites for hydroxylation is 1. The Hall–Kier alpha value is -2.67. The summed E-state index contributed by atoms with van der Waals surface area (Å²) in [6.07, 6.45) is 8.43. The van der Waals surface area contributed by atoms with Gasteiger partial charge in [-0.15, -0.1) is 0 Å². The van der Waals surface area contributed by atoms with Crippen molar-refractivity contribution in [3.8, 4) is 0 Å². The molecule has 32 heavy (non-hydrogen) atoms. The number of hydrogen-bond donors (Lipinski definition) is 2. The summed E-state index contributed by atoms with van der Waals surface area (Å²) in [7, 11) is 4.11. The second kappa shape index (κ2) is 10.8. The maximum absolute atomic E-state index is 12.2. The van der Waals surface area contributed by atoms with Gasteiger partial charge < -0.3 is 20.3 Å². The number of benzene rings is 1. The second-order valence-electron chi connectivity index (χ2n) is 9.14. The summed E-state index contributed by atoms with van der Waals surface area (Å²) in [4.78, 5) is 24.0. The number of aromatic nitrogens is 2. The largest absolute Gasteiger partial charge is 0.367 e. The van der Waals surface area contributed by atoms with Crippen molar-refractivity contribution in [2.24, 2.45) is 0 Å². The van der Waals surface area contributed by atoms with Crippen molar-refractivity contribution in [3.05, 3.63) is 47.2 Å². The van der Waals surface area contributed by atoms with E-state index in [0.717, 1.165) is 55.9 Å². The molecule has 7 nitrogen and oxygen atoms in total. The fraction of sp³-hybridized carbons (Fsp3) is 0.560. The van der Waals surface area contributed by atoms with Crippen LogP contribution < -0.4 is 15.5 Å². The zero-order valence-corrected chi connectivity index (χ0v) is 19.3. The van der Waals surface area contributed by atoms with Gasteiger partial charge in [0.25, 0.3) is 0 Å². The number of hydrogen-bond acceptors (Lipinski definition) is 6. The number of carbonyl (C=O) groups excluding carboxylic acids is 1. The molecule has 4 rings (SSSR count). The minimum Gasteiger partial charge on any atom is -0.367 e. The molecule has 0 unspecified atom stereocenters. The van der Waals surface area contributed by atoms with Gasteiger partial charge in [0.1, 0.15) is 12.4 Å². The Morgan fingerprint density at radius 1 is 1.03 bits per heavy atom. The summed E-state index contributed by atoms with van der Waals surface area (Å²) >= 11 is 0. The van der Waals surface area contributed by atoms with Gasteiger partial charge in [0.2, 0.25) is 11.9 Å². The summed E-state index contributed by atoms with van der Waals surface area (Å²) in [5.41, 5.74) is 3.59. The number of anilines is 2. The quantitative estimate of drug-likeness (QED) is 0.658. The SMILES string of the molecule is CN(C)c1nc(NC2CCC(NC(=O)COCc3ccccc3)CC2)nc2c1CCCC2. The third-order valence-corrected chi connectivity index (χ3v) is 6.36. The molecule has 0 aliphatic heterocycles. The van der Waals surface area contributed by atoms with Crippen LogP contribution in [0.1, 0.15) is 55.3 Å². The van der Waals surface area contributed by atoms with Crippen molar-refractivity contribution in [2.75, 3.05) is 30.9 Å². The van der Waals surface area contributed by atoms with Gasteiger partial charge in [0, 0.05) is 31.7 Å². The fourth-order valence-electron chi connectivity index (χ4n) is 4.68. The van der Waals surface area contributed by atoms with E-state index in [2.05, 4.69) is 29.6 Å². The summed E-state index contributed by atoms with van der Waals surface area (Å²) in [5.74, 6) is 1.76. The Morgan fingerprint density at radius 2 is 1.75 bits per heavy atom. The second-order valence-corrected chi connectivity index (χ2v) is 9.14. The lowest BCUT2D eigenvalue weighted by Crippen LogP contribution is -2.41. The third-order valence-electron chi connectivity index (χ3n) is 6.36. The highest BCUT2D eigenvalue weighted by atomic mass is 16.5. The number of rotatable bonds is 8. The first kappa shape index (κ1) is 22.5. The Kier molecular flexibility index (Phi) is 7.58. The van der Waals surface area contributed by atoms with Crippen LogP contribution >= 0.6 is 0 Å². The predicted octanol–water partition coefficient (Wildman–Crippen LogP) is 3.48. The minimum atomic E-state index is -0.0361.